The van der Waals surface area contributed by atoms with Crippen molar-refractivity contribution in [3.63, 3.8) is 0 Å². The minimum absolute atomic E-state index is 0.159. The van der Waals surface area contributed by atoms with Crippen molar-refractivity contribution >= 4 is 12.1 Å². The Morgan fingerprint density at radius 3 is 2.45 bits per heavy atom. The number of carboxylic acids is 1. The van der Waals surface area contributed by atoms with Crippen LogP contribution in [-0.4, -0.2) is 73.7 Å². The van der Waals surface area contributed by atoms with E-state index in [-0.39, 0.29) is 30.8 Å². The molecule has 1 amide bonds. The summed E-state index contributed by atoms with van der Waals surface area (Å²) in [5, 5.41) is 10.5. The van der Waals surface area contributed by atoms with Gasteiger partial charge in [-0.1, -0.05) is 39.0 Å². The van der Waals surface area contributed by atoms with E-state index in [2.05, 4.69) is 4.90 Å². The quantitative estimate of drug-likeness (QED) is 0.447. The number of fused-ring (bicyclic) bond motifs is 1. The monoisotopic (exact) mass is 526 g/mol. The van der Waals surface area contributed by atoms with E-state index in [4.69, 9.17) is 18.9 Å². The first-order chi connectivity index (χ1) is 18.3. The summed E-state index contributed by atoms with van der Waals surface area (Å²) in [6.45, 7) is 8.61. The van der Waals surface area contributed by atoms with Gasteiger partial charge < -0.3 is 29.0 Å². The molecule has 1 saturated heterocycles. The molecule has 2 aromatic carbocycles. The fourth-order valence-corrected chi connectivity index (χ4v) is 5.28. The summed E-state index contributed by atoms with van der Waals surface area (Å²) in [6.07, 6.45) is 0.471. The van der Waals surface area contributed by atoms with Gasteiger partial charge in [0.05, 0.1) is 19.6 Å². The second-order valence-corrected chi connectivity index (χ2v) is 10.3. The first kappa shape index (κ1) is 27.6. The lowest BCUT2D eigenvalue weighted by Gasteiger charge is -2.30. The molecule has 9 heteroatoms. The normalized spacial score (nSPS) is 20.5. The molecule has 2 heterocycles. The number of rotatable bonds is 11. The second-order valence-electron chi connectivity index (χ2n) is 10.3. The number of benzene rings is 2. The molecule has 0 radical (unpaired) electrons. The third-order valence-electron chi connectivity index (χ3n) is 7.11. The number of likely N-dealkylation sites (tertiary alicyclic amines) is 1. The fourth-order valence-electron chi connectivity index (χ4n) is 5.28. The van der Waals surface area contributed by atoms with Crippen LogP contribution in [0.2, 0.25) is 0 Å². The van der Waals surface area contributed by atoms with Crippen molar-refractivity contribution in [2.24, 2.45) is 11.8 Å². The van der Waals surface area contributed by atoms with E-state index in [0.29, 0.717) is 50.0 Å². The lowest BCUT2D eigenvalue weighted by atomic mass is 9.82. The van der Waals surface area contributed by atoms with E-state index in [1.165, 1.54) is 0 Å². The molecule has 0 saturated carbocycles. The van der Waals surface area contributed by atoms with Crippen LogP contribution in [0.4, 0.5) is 4.79 Å². The number of hydrogen-bond donors (Lipinski definition) is 1. The lowest BCUT2D eigenvalue weighted by Crippen LogP contribution is -2.40. The molecule has 2 aliphatic rings. The molecule has 0 bridgehead atoms. The van der Waals surface area contributed by atoms with Gasteiger partial charge in [0.1, 0.15) is 5.75 Å². The van der Waals surface area contributed by atoms with Gasteiger partial charge in [0.15, 0.2) is 11.5 Å². The maximum atomic E-state index is 12.8. The summed E-state index contributed by atoms with van der Waals surface area (Å²) in [4.78, 5) is 29.5. The van der Waals surface area contributed by atoms with Crippen LogP contribution in [-0.2, 0) is 9.53 Å². The molecule has 0 spiro atoms. The van der Waals surface area contributed by atoms with Crippen molar-refractivity contribution in [2.45, 2.75) is 39.2 Å². The zero-order chi connectivity index (χ0) is 27.2. The molecule has 0 aromatic heterocycles. The molecule has 2 aromatic rings. The molecule has 4 rings (SSSR count). The van der Waals surface area contributed by atoms with E-state index < -0.39 is 11.9 Å². The number of hydrogen-bond acceptors (Lipinski definition) is 7. The molecule has 0 aliphatic carbocycles. The van der Waals surface area contributed by atoms with Crippen molar-refractivity contribution in [3.8, 4) is 17.2 Å². The number of aliphatic carboxylic acids is 1. The summed E-state index contributed by atoms with van der Waals surface area (Å²) >= 11 is 0. The molecule has 206 valence electrons. The maximum absolute atomic E-state index is 12.8. The van der Waals surface area contributed by atoms with Crippen LogP contribution < -0.4 is 14.2 Å². The van der Waals surface area contributed by atoms with Gasteiger partial charge in [-0.2, -0.15) is 0 Å². The van der Waals surface area contributed by atoms with E-state index in [1.54, 1.807) is 12.0 Å². The number of carbonyl (C=O) groups is 2. The zero-order valence-electron chi connectivity index (χ0n) is 22.6. The second kappa shape index (κ2) is 12.4. The van der Waals surface area contributed by atoms with E-state index >= 15 is 0 Å². The van der Waals surface area contributed by atoms with Crippen molar-refractivity contribution in [2.75, 3.05) is 46.7 Å². The number of amides is 1. The van der Waals surface area contributed by atoms with E-state index in [0.717, 1.165) is 17.5 Å². The predicted molar refractivity (Wildman–Crippen MR) is 142 cm³/mol. The van der Waals surface area contributed by atoms with E-state index in [9.17, 15) is 14.7 Å². The van der Waals surface area contributed by atoms with Crippen LogP contribution in [0, 0.1) is 11.8 Å². The Balaban J connectivity index is 1.62. The van der Waals surface area contributed by atoms with Crippen molar-refractivity contribution in [1.82, 2.24) is 9.80 Å². The Morgan fingerprint density at radius 2 is 1.79 bits per heavy atom. The molecule has 9 nitrogen and oxygen atoms in total. The van der Waals surface area contributed by atoms with Gasteiger partial charge in [0.2, 0.25) is 6.79 Å². The van der Waals surface area contributed by atoms with Gasteiger partial charge in [0.25, 0.3) is 0 Å². The zero-order valence-corrected chi connectivity index (χ0v) is 22.6. The lowest BCUT2D eigenvalue weighted by molar-refractivity contribution is -0.143. The fraction of sp³-hybridized carbons (Fsp3) is 0.517. The molecule has 3 atom stereocenters. The largest absolute Gasteiger partial charge is 0.497 e. The van der Waals surface area contributed by atoms with Gasteiger partial charge in [-0.05, 0) is 47.7 Å². The third-order valence-corrected chi connectivity index (χ3v) is 7.11. The van der Waals surface area contributed by atoms with Crippen molar-refractivity contribution in [3.05, 3.63) is 53.6 Å². The van der Waals surface area contributed by atoms with Crippen molar-refractivity contribution < 1.29 is 33.6 Å². The van der Waals surface area contributed by atoms with E-state index in [1.807, 2.05) is 63.2 Å². The molecular formula is C29H38N2O7. The predicted octanol–water partition coefficient (Wildman–Crippen LogP) is 4.77. The van der Waals surface area contributed by atoms with Crippen LogP contribution in [0.25, 0.3) is 0 Å². The average Bonchev–Trinajstić information content (AvgIpc) is 3.54. The molecule has 1 N–H and O–H groups in total. The summed E-state index contributed by atoms with van der Waals surface area (Å²) in [7, 11) is 1.60. The Hall–Kier alpha value is -3.46. The van der Waals surface area contributed by atoms with Gasteiger partial charge in [-0.15, -0.1) is 0 Å². The number of nitrogens with zero attached hydrogens (tertiary/aromatic N) is 2. The smallest absolute Gasteiger partial charge is 0.409 e. The highest BCUT2D eigenvalue weighted by atomic mass is 16.7. The Kier molecular flexibility index (Phi) is 8.99. The van der Waals surface area contributed by atoms with Crippen LogP contribution in [0.3, 0.4) is 0 Å². The highest BCUT2D eigenvalue weighted by Gasteiger charge is 2.47. The van der Waals surface area contributed by atoms with Gasteiger partial charge in [-0.3, -0.25) is 9.69 Å². The number of carbonyl (C=O) groups excluding carboxylic acids is 1. The highest BCUT2D eigenvalue weighted by molar-refractivity contribution is 5.74. The van der Waals surface area contributed by atoms with Crippen molar-refractivity contribution in [1.29, 1.82) is 0 Å². The standard InChI is InChI=1S/C29H38N2O7/c1-5-12-30(29(34)36-17-19(2)3)13-14-31-16-23(21-8-11-24-25(15-21)38-18-37-24)26(28(32)33)27(31)20-6-9-22(35-4)10-7-20/h6-11,15,19,23,26-27H,5,12-14,16-18H2,1-4H3,(H,32,33)/t23?,26-,27+/m0/s1. The molecule has 1 unspecified atom stereocenters. The summed E-state index contributed by atoms with van der Waals surface area (Å²) in [5.41, 5.74) is 1.79. The van der Waals surface area contributed by atoms with Crippen LogP contribution in [0.1, 0.15) is 50.3 Å². The van der Waals surface area contributed by atoms with Gasteiger partial charge in [0, 0.05) is 38.1 Å². The minimum atomic E-state index is -0.863. The van der Waals surface area contributed by atoms with Gasteiger partial charge in [-0.25, -0.2) is 4.79 Å². The van der Waals surface area contributed by atoms with Crippen LogP contribution in [0.15, 0.2) is 42.5 Å². The topological polar surface area (TPSA) is 97.8 Å². The van der Waals surface area contributed by atoms with Gasteiger partial charge >= 0.3 is 12.1 Å². The maximum Gasteiger partial charge on any atom is 0.409 e. The number of methoxy groups -OCH3 is 1. The third kappa shape index (κ3) is 6.15. The number of ether oxygens (including phenoxy) is 4. The Bertz CT molecular complexity index is 1100. The Labute approximate surface area is 224 Å². The first-order valence-corrected chi connectivity index (χ1v) is 13.2. The number of carboxylic acid groups (broad SMARTS) is 1. The molecular weight excluding hydrogens is 488 g/mol. The summed E-state index contributed by atoms with van der Waals surface area (Å²) in [5.74, 6) is 0.416. The molecule has 2 aliphatic heterocycles. The van der Waals surface area contributed by atoms with Crippen LogP contribution >= 0.6 is 0 Å². The molecule has 1 fully saturated rings. The molecule has 38 heavy (non-hydrogen) atoms. The minimum Gasteiger partial charge on any atom is -0.497 e. The summed E-state index contributed by atoms with van der Waals surface area (Å²) < 4.78 is 21.9. The highest BCUT2D eigenvalue weighted by Crippen LogP contribution is 2.47. The Morgan fingerprint density at radius 1 is 1.08 bits per heavy atom. The first-order valence-electron chi connectivity index (χ1n) is 13.2. The SMILES string of the molecule is CCCN(CCN1CC(c2ccc3c(c2)OCO3)[C@H](C(=O)O)[C@H]1c1ccc(OC)cc1)C(=O)OCC(C)C. The average molecular weight is 527 g/mol. The summed E-state index contributed by atoms with van der Waals surface area (Å²) in [6, 6.07) is 12.8. The van der Waals surface area contributed by atoms with Crippen LogP contribution in [0.5, 0.6) is 17.2 Å².